The summed E-state index contributed by atoms with van der Waals surface area (Å²) in [6, 6.07) is 8.14. The highest BCUT2D eigenvalue weighted by molar-refractivity contribution is 6.30. The Morgan fingerprint density at radius 2 is 2.14 bits per heavy atom. The molecule has 1 N–H and O–H groups in total. The number of carboxylic acids is 1. The summed E-state index contributed by atoms with van der Waals surface area (Å²) in [6.45, 7) is 0.308. The fraction of sp³-hybridized carbons (Fsp3) is 0.200. The molecule has 2 aromatic rings. The van der Waals surface area contributed by atoms with Crippen molar-refractivity contribution in [3.05, 3.63) is 52.8 Å². The largest absolute Gasteiger partial charge is 0.497 e. The molecule has 0 spiro atoms. The Morgan fingerprint density at radius 1 is 1.33 bits per heavy atom. The van der Waals surface area contributed by atoms with E-state index in [0.29, 0.717) is 23.8 Å². The van der Waals surface area contributed by atoms with Gasteiger partial charge >= 0.3 is 5.97 Å². The molecule has 0 amide bonds. The first-order valence-corrected chi connectivity index (χ1v) is 6.62. The van der Waals surface area contributed by atoms with Crippen molar-refractivity contribution in [2.75, 3.05) is 13.7 Å². The molecule has 0 bridgehead atoms. The van der Waals surface area contributed by atoms with Gasteiger partial charge in [0.2, 0.25) is 0 Å². The second kappa shape index (κ2) is 6.95. The molecule has 1 heterocycles. The van der Waals surface area contributed by atoms with Gasteiger partial charge in [0.1, 0.15) is 17.1 Å². The molecule has 2 rings (SSSR count). The topological polar surface area (TPSA) is 68.7 Å². The van der Waals surface area contributed by atoms with Crippen molar-refractivity contribution in [2.45, 2.75) is 6.42 Å². The molecule has 1 aromatic carbocycles. The molecule has 0 saturated carbocycles. The number of halogens is 1. The van der Waals surface area contributed by atoms with Gasteiger partial charge in [-0.05, 0) is 24.3 Å². The monoisotopic (exact) mass is 307 g/mol. The number of hydrogen-bond donors (Lipinski definition) is 1. The molecule has 0 fully saturated rings. The van der Waals surface area contributed by atoms with Crippen molar-refractivity contribution in [1.82, 2.24) is 4.98 Å². The maximum absolute atomic E-state index is 11.1. The van der Waals surface area contributed by atoms with Crippen LogP contribution in [0, 0.1) is 0 Å². The lowest BCUT2D eigenvalue weighted by molar-refractivity contribution is 0.0692. The molecule has 1 aromatic heterocycles. The minimum absolute atomic E-state index is 0.0971. The Labute approximate surface area is 127 Å². The van der Waals surface area contributed by atoms with Gasteiger partial charge in [-0.25, -0.2) is 4.79 Å². The Morgan fingerprint density at radius 3 is 2.76 bits per heavy atom. The van der Waals surface area contributed by atoms with Crippen molar-refractivity contribution in [1.29, 1.82) is 0 Å². The number of benzene rings is 1. The molecule has 6 heteroatoms. The van der Waals surface area contributed by atoms with Crippen molar-refractivity contribution >= 4 is 17.6 Å². The van der Waals surface area contributed by atoms with Crippen LogP contribution in [-0.4, -0.2) is 29.8 Å². The molecule has 0 atom stereocenters. The zero-order valence-corrected chi connectivity index (χ0v) is 12.1. The Bertz CT molecular complexity index is 628. The van der Waals surface area contributed by atoms with Crippen LogP contribution in [0.4, 0.5) is 0 Å². The molecule has 110 valence electrons. The Kier molecular flexibility index (Phi) is 5.00. The van der Waals surface area contributed by atoms with E-state index in [0.717, 1.165) is 5.69 Å². The van der Waals surface area contributed by atoms with Crippen molar-refractivity contribution in [2.24, 2.45) is 0 Å². The number of methoxy groups -OCH3 is 1. The van der Waals surface area contributed by atoms with Crippen LogP contribution >= 0.6 is 11.6 Å². The van der Waals surface area contributed by atoms with Crippen LogP contribution in [0.15, 0.2) is 36.5 Å². The number of hydrogen-bond acceptors (Lipinski definition) is 4. The fourth-order valence-corrected chi connectivity index (χ4v) is 1.86. The first kappa shape index (κ1) is 15.1. The molecule has 0 aliphatic heterocycles. The maximum atomic E-state index is 11.1. The molecule has 0 radical (unpaired) electrons. The van der Waals surface area contributed by atoms with Crippen molar-refractivity contribution < 1.29 is 19.4 Å². The molecular weight excluding hydrogens is 294 g/mol. The van der Waals surface area contributed by atoms with E-state index in [9.17, 15) is 4.79 Å². The van der Waals surface area contributed by atoms with E-state index < -0.39 is 5.97 Å². The highest BCUT2D eigenvalue weighted by atomic mass is 35.5. The van der Waals surface area contributed by atoms with Crippen molar-refractivity contribution in [3.63, 3.8) is 0 Å². The van der Waals surface area contributed by atoms with Gasteiger partial charge in [-0.2, -0.15) is 0 Å². The molecule has 0 saturated heterocycles. The minimum Gasteiger partial charge on any atom is -0.497 e. The van der Waals surface area contributed by atoms with Crippen LogP contribution in [0.3, 0.4) is 0 Å². The van der Waals surface area contributed by atoms with Gasteiger partial charge in [-0.15, -0.1) is 0 Å². The van der Waals surface area contributed by atoms with E-state index in [1.54, 1.807) is 30.5 Å². The van der Waals surface area contributed by atoms with Crippen LogP contribution in [0.25, 0.3) is 0 Å². The molecule has 21 heavy (non-hydrogen) atoms. The van der Waals surface area contributed by atoms with Gasteiger partial charge in [0.05, 0.1) is 18.7 Å². The lowest BCUT2D eigenvalue weighted by Crippen LogP contribution is -2.07. The molecule has 0 aliphatic carbocycles. The van der Waals surface area contributed by atoms with Gasteiger partial charge in [0.15, 0.2) is 0 Å². The summed E-state index contributed by atoms with van der Waals surface area (Å²) in [4.78, 5) is 15.3. The fourth-order valence-electron chi connectivity index (χ4n) is 1.75. The zero-order chi connectivity index (χ0) is 15.2. The number of ether oxygens (including phenoxy) is 2. The van der Waals surface area contributed by atoms with E-state index in [4.69, 9.17) is 26.2 Å². The van der Waals surface area contributed by atoms with Crippen LogP contribution in [-0.2, 0) is 6.42 Å². The van der Waals surface area contributed by atoms with E-state index in [-0.39, 0.29) is 11.3 Å². The molecule has 0 unspecified atom stereocenters. The third kappa shape index (κ3) is 4.10. The second-order valence-corrected chi connectivity index (χ2v) is 4.67. The second-order valence-electron chi connectivity index (χ2n) is 4.23. The number of aromatic nitrogens is 1. The number of carbonyl (C=O) groups is 1. The predicted molar refractivity (Wildman–Crippen MR) is 78.4 cm³/mol. The highest BCUT2D eigenvalue weighted by Gasteiger charge is 2.12. The number of rotatable bonds is 6. The van der Waals surface area contributed by atoms with E-state index in [2.05, 4.69) is 4.98 Å². The third-order valence-electron chi connectivity index (χ3n) is 2.82. The summed E-state index contributed by atoms with van der Waals surface area (Å²) < 4.78 is 10.6. The standard InChI is InChI=1S/C15H14ClNO4/c1-20-12-4-5-13(15(18)19)14(8-12)21-7-6-11-3-2-10(16)9-17-11/h2-5,8-9H,6-7H2,1H3,(H,18,19). The average molecular weight is 308 g/mol. The zero-order valence-electron chi connectivity index (χ0n) is 11.4. The molecular formula is C15H14ClNO4. The molecule has 0 aliphatic rings. The number of pyridine rings is 1. The lowest BCUT2D eigenvalue weighted by Gasteiger charge is -2.10. The highest BCUT2D eigenvalue weighted by Crippen LogP contribution is 2.25. The summed E-state index contributed by atoms with van der Waals surface area (Å²) >= 11 is 5.76. The van der Waals surface area contributed by atoms with Gasteiger partial charge in [-0.3, -0.25) is 4.98 Å². The van der Waals surface area contributed by atoms with Gasteiger partial charge in [0, 0.05) is 24.4 Å². The van der Waals surface area contributed by atoms with E-state index >= 15 is 0 Å². The quantitative estimate of drug-likeness (QED) is 0.888. The predicted octanol–water partition coefficient (Wildman–Crippen LogP) is 3.06. The summed E-state index contributed by atoms with van der Waals surface area (Å²) in [5.41, 5.74) is 0.916. The minimum atomic E-state index is -1.04. The lowest BCUT2D eigenvalue weighted by atomic mass is 10.2. The normalized spacial score (nSPS) is 10.2. The maximum Gasteiger partial charge on any atom is 0.339 e. The third-order valence-corrected chi connectivity index (χ3v) is 3.05. The summed E-state index contributed by atoms with van der Waals surface area (Å²) in [5.74, 6) is -0.229. The number of aromatic carboxylic acids is 1. The van der Waals surface area contributed by atoms with Crippen LogP contribution in [0.1, 0.15) is 16.1 Å². The summed E-state index contributed by atoms with van der Waals surface area (Å²) in [6.07, 6.45) is 2.11. The first-order valence-electron chi connectivity index (χ1n) is 6.24. The van der Waals surface area contributed by atoms with Crippen LogP contribution < -0.4 is 9.47 Å². The van der Waals surface area contributed by atoms with Gasteiger partial charge in [-0.1, -0.05) is 11.6 Å². The van der Waals surface area contributed by atoms with Gasteiger partial charge < -0.3 is 14.6 Å². The smallest absolute Gasteiger partial charge is 0.339 e. The van der Waals surface area contributed by atoms with Gasteiger partial charge in [0.25, 0.3) is 0 Å². The van der Waals surface area contributed by atoms with Crippen molar-refractivity contribution in [3.8, 4) is 11.5 Å². The first-order chi connectivity index (χ1) is 10.1. The number of nitrogens with zero attached hydrogens (tertiary/aromatic N) is 1. The number of carboxylic acid groups (broad SMARTS) is 1. The average Bonchev–Trinajstić information content (AvgIpc) is 2.49. The Hall–Kier alpha value is -2.27. The summed E-state index contributed by atoms with van der Waals surface area (Å²) in [5, 5.41) is 9.70. The van der Waals surface area contributed by atoms with E-state index in [1.165, 1.54) is 13.2 Å². The van der Waals surface area contributed by atoms with Crippen LogP contribution in [0.5, 0.6) is 11.5 Å². The van der Waals surface area contributed by atoms with Crippen LogP contribution in [0.2, 0.25) is 5.02 Å². The van der Waals surface area contributed by atoms with E-state index in [1.807, 2.05) is 0 Å². The summed E-state index contributed by atoms with van der Waals surface area (Å²) in [7, 11) is 1.51. The molecule has 5 nitrogen and oxygen atoms in total. The SMILES string of the molecule is COc1ccc(C(=O)O)c(OCCc2ccc(Cl)cn2)c1. The Balaban J connectivity index is 2.04.